The van der Waals surface area contributed by atoms with E-state index in [4.69, 9.17) is 0 Å². The van der Waals surface area contributed by atoms with Crippen LogP contribution in [0.2, 0.25) is 0 Å². The monoisotopic (exact) mass is 408 g/mol. The molecular weight excluding hydrogens is 372 g/mol. The van der Waals surface area contributed by atoms with Crippen LogP contribution < -0.4 is 0 Å². The summed E-state index contributed by atoms with van der Waals surface area (Å²) in [4.78, 5) is 0. The van der Waals surface area contributed by atoms with E-state index in [1.807, 2.05) is 0 Å². The maximum Gasteiger partial charge on any atom is -0.00312 e. The molecule has 4 aromatic carbocycles. The topological polar surface area (TPSA) is 0 Å². The summed E-state index contributed by atoms with van der Waals surface area (Å²) in [6, 6.07) is 29.4. The van der Waals surface area contributed by atoms with Gasteiger partial charge in [-0.05, 0) is 68.3 Å². The van der Waals surface area contributed by atoms with E-state index in [2.05, 4.69) is 113 Å². The van der Waals surface area contributed by atoms with Crippen LogP contribution in [0.5, 0.6) is 0 Å². The molecule has 1 atom stereocenters. The molecule has 0 heteroatoms. The predicted molar refractivity (Wildman–Crippen MR) is 137 cm³/mol. The van der Waals surface area contributed by atoms with Crippen molar-refractivity contribution in [3.05, 3.63) is 95.6 Å². The van der Waals surface area contributed by atoms with Gasteiger partial charge < -0.3 is 0 Å². The molecular formula is C31H36. The van der Waals surface area contributed by atoms with Crippen LogP contribution in [0.1, 0.15) is 64.2 Å². The van der Waals surface area contributed by atoms with Crippen molar-refractivity contribution < 1.29 is 0 Å². The summed E-state index contributed by atoms with van der Waals surface area (Å²) in [6.45, 7) is 11.9. The molecule has 31 heavy (non-hydrogen) atoms. The molecule has 4 rings (SSSR count). The van der Waals surface area contributed by atoms with Gasteiger partial charge >= 0.3 is 0 Å². The number of benzene rings is 4. The van der Waals surface area contributed by atoms with Gasteiger partial charge in [0.1, 0.15) is 0 Å². The molecule has 0 nitrogen and oxygen atoms in total. The minimum absolute atomic E-state index is 0.0858. The maximum absolute atomic E-state index is 2.45. The molecule has 160 valence electrons. The fourth-order valence-electron chi connectivity index (χ4n) is 4.96. The molecule has 0 aliphatic heterocycles. The lowest BCUT2D eigenvalue weighted by Gasteiger charge is -2.32. The van der Waals surface area contributed by atoms with Gasteiger partial charge in [0.15, 0.2) is 0 Å². The normalized spacial score (nSPS) is 14.1. The predicted octanol–water partition coefficient (Wildman–Crippen LogP) is 8.88. The van der Waals surface area contributed by atoms with Gasteiger partial charge in [-0.2, -0.15) is 0 Å². The number of rotatable bonds is 7. The molecule has 0 aliphatic carbocycles. The molecule has 0 aromatic heterocycles. The van der Waals surface area contributed by atoms with Crippen LogP contribution in [0.3, 0.4) is 0 Å². The maximum atomic E-state index is 2.45. The molecule has 0 aliphatic rings. The Bertz CT molecular complexity index is 1190. The summed E-state index contributed by atoms with van der Waals surface area (Å²) in [5, 5.41) is 5.58. The van der Waals surface area contributed by atoms with Crippen LogP contribution in [-0.2, 0) is 18.3 Å². The fraction of sp³-hybridized carbons (Fsp3) is 0.355. The van der Waals surface area contributed by atoms with Crippen LogP contribution in [0, 0.1) is 5.41 Å². The summed E-state index contributed by atoms with van der Waals surface area (Å²) in [7, 11) is 0. The van der Waals surface area contributed by atoms with Crippen LogP contribution in [0.4, 0.5) is 0 Å². The Labute approximate surface area is 188 Å². The summed E-state index contributed by atoms with van der Waals surface area (Å²) < 4.78 is 0. The summed E-state index contributed by atoms with van der Waals surface area (Å²) in [6.07, 6.45) is 4.47. The average Bonchev–Trinajstić information content (AvgIpc) is 2.79. The SMILES string of the molecule is CCC(C)(C)Cc1ccc(C(C)(CC)Cc2cccc3ccccc23)c2ccccc12. The lowest BCUT2D eigenvalue weighted by molar-refractivity contribution is 0.350. The number of fused-ring (bicyclic) bond motifs is 2. The second kappa shape index (κ2) is 8.50. The van der Waals surface area contributed by atoms with Gasteiger partial charge in [0.25, 0.3) is 0 Å². The molecule has 0 bridgehead atoms. The lowest BCUT2D eigenvalue weighted by Crippen LogP contribution is -2.25. The standard InChI is InChI=1S/C31H36/c1-6-30(3,4)21-25-19-20-29(28-18-11-10-17-27(25)28)31(5,7-2)22-24-15-12-14-23-13-8-9-16-26(23)24/h8-20H,6-7,21-22H2,1-5H3. The Morgan fingerprint density at radius 1 is 0.548 bits per heavy atom. The van der Waals surface area contributed by atoms with E-state index < -0.39 is 0 Å². The first-order valence-electron chi connectivity index (χ1n) is 11.8. The van der Waals surface area contributed by atoms with E-state index in [0.717, 1.165) is 19.3 Å². The third-order valence-electron chi connectivity index (χ3n) is 7.53. The summed E-state index contributed by atoms with van der Waals surface area (Å²) in [5.74, 6) is 0. The molecule has 4 aromatic rings. The zero-order valence-corrected chi connectivity index (χ0v) is 19.8. The molecule has 0 spiro atoms. The van der Waals surface area contributed by atoms with Gasteiger partial charge in [0.05, 0.1) is 0 Å². The zero-order chi connectivity index (χ0) is 22.1. The van der Waals surface area contributed by atoms with Crippen molar-refractivity contribution in [3.63, 3.8) is 0 Å². The number of hydrogen-bond donors (Lipinski definition) is 0. The molecule has 0 amide bonds. The molecule has 0 saturated carbocycles. The van der Waals surface area contributed by atoms with Crippen LogP contribution in [0.25, 0.3) is 21.5 Å². The van der Waals surface area contributed by atoms with E-state index in [-0.39, 0.29) is 5.41 Å². The lowest BCUT2D eigenvalue weighted by atomic mass is 9.72. The van der Waals surface area contributed by atoms with Gasteiger partial charge in [0, 0.05) is 0 Å². The smallest absolute Gasteiger partial charge is 0.00312 e. The fourth-order valence-corrected chi connectivity index (χ4v) is 4.96. The largest absolute Gasteiger partial charge is 0.0649 e. The molecule has 1 unspecified atom stereocenters. The highest BCUT2D eigenvalue weighted by atomic mass is 14.3. The quantitative estimate of drug-likeness (QED) is 0.286. The van der Waals surface area contributed by atoms with Crippen LogP contribution in [-0.4, -0.2) is 0 Å². The van der Waals surface area contributed by atoms with Crippen molar-refractivity contribution in [3.8, 4) is 0 Å². The first kappa shape index (κ1) is 21.6. The minimum atomic E-state index is 0.0858. The van der Waals surface area contributed by atoms with E-state index in [1.54, 1.807) is 0 Å². The third kappa shape index (κ3) is 4.26. The average molecular weight is 409 g/mol. The highest BCUT2D eigenvalue weighted by Crippen LogP contribution is 2.40. The van der Waals surface area contributed by atoms with Gasteiger partial charge in [-0.15, -0.1) is 0 Å². The van der Waals surface area contributed by atoms with Crippen molar-refractivity contribution in [1.82, 2.24) is 0 Å². The van der Waals surface area contributed by atoms with Crippen molar-refractivity contribution in [2.45, 2.75) is 65.7 Å². The van der Waals surface area contributed by atoms with E-state index in [1.165, 1.54) is 44.7 Å². The first-order chi connectivity index (χ1) is 14.9. The third-order valence-corrected chi connectivity index (χ3v) is 7.53. The van der Waals surface area contributed by atoms with Crippen molar-refractivity contribution >= 4 is 21.5 Å². The van der Waals surface area contributed by atoms with Crippen molar-refractivity contribution in [2.75, 3.05) is 0 Å². The van der Waals surface area contributed by atoms with Crippen LogP contribution in [0.15, 0.2) is 78.9 Å². The molecule has 0 radical (unpaired) electrons. The van der Waals surface area contributed by atoms with E-state index >= 15 is 0 Å². The second-order valence-corrected chi connectivity index (χ2v) is 10.2. The summed E-state index contributed by atoms with van der Waals surface area (Å²) >= 11 is 0. The van der Waals surface area contributed by atoms with Gasteiger partial charge in [-0.3, -0.25) is 0 Å². The number of hydrogen-bond acceptors (Lipinski definition) is 0. The Hall–Kier alpha value is -2.60. The van der Waals surface area contributed by atoms with Crippen molar-refractivity contribution in [2.24, 2.45) is 5.41 Å². The highest BCUT2D eigenvalue weighted by Gasteiger charge is 2.28. The van der Waals surface area contributed by atoms with Gasteiger partial charge in [0.2, 0.25) is 0 Å². The van der Waals surface area contributed by atoms with Gasteiger partial charge in [-0.25, -0.2) is 0 Å². The van der Waals surface area contributed by atoms with E-state index in [9.17, 15) is 0 Å². The second-order valence-electron chi connectivity index (χ2n) is 10.2. The molecule has 0 fully saturated rings. The Balaban J connectivity index is 1.82. The summed E-state index contributed by atoms with van der Waals surface area (Å²) in [5.41, 5.74) is 4.82. The Kier molecular flexibility index (Phi) is 5.93. The zero-order valence-electron chi connectivity index (χ0n) is 19.8. The van der Waals surface area contributed by atoms with E-state index in [0.29, 0.717) is 5.41 Å². The van der Waals surface area contributed by atoms with Crippen LogP contribution >= 0.6 is 0 Å². The molecule has 0 N–H and O–H groups in total. The molecule has 0 heterocycles. The Morgan fingerprint density at radius 3 is 1.87 bits per heavy atom. The minimum Gasteiger partial charge on any atom is -0.0649 e. The van der Waals surface area contributed by atoms with Crippen molar-refractivity contribution in [1.29, 1.82) is 0 Å². The van der Waals surface area contributed by atoms with Gasteiger partial charge in [-0.1, -0.05) is 120 Å². The Morgan fingerprint density at radius 2 is 1.16 bits per heavy atom. The highest BCUT2D eigenvalue weighted by molar-refractivity contribution is 5.90. The molecule has 0 saturated heterocycles. The first-order valence-corrected chi connectivity index (χ1v) is 11.8.